The van der Waals surface area contributed by atoms with Gasteiger partial charge in [-0.2, -0.15) is 5.26 Å². The Morgan fingerprint density at radius 3 is 2.65 bits per heavy atom. The van der Waals surface area contributed by atoms with E-state index in [-0.39, 0.29) is 34.4 Å². The molecule has 3 aromatic carbocycles. The Morgan fingerprint density at radius 1 is 1.23 bits per heavy atom. The minimum atomic E-state index is -0.682. The van der Waals surface area contributed by atoms with Crippen LogP contribution in [0.5, 0.6) is 11.5 Å². The monoisotopic (exact) mass is 539 g/mol. The van der Waals surface area contributed by atoms with Crippen LogP contribution in [-0.2, 0) is 11.2 Å². The summed E-state index contributed by atoms with van der Waals surface area (Å²) in [5.41, 5.74) is 1.13. The van der Waals surface area contributed by atoms with Gasteiger partial charge in [0.25, 0.3) is 0 Å². The smallest absolute Gasteiger partial charge is 0.228 e. The van der Waals surface area contributed by atoms with Gasteiger partial charge in [0.2, 0.25) is 5.91 Å². The van der Waals surface area contributed by atoms with Crippen molar-refractivity contribution in [2.24, 2.45) is 5.14 Å². The first-order valence-corrected chi connectivity index (χ1v) is 11.0. The fourth-order valence-electron chi connectivity index (χ4n) is 2.67. The Balaban J connectivity index is 1.75. The van der Waals surface area contributed by atoms with Crippen molar-refractivity contribution in [1.82, 2.24) is 0 Å². The van der Waals surface area contributed by atoms with Gasteiger partial charge in [-0.15, -0.1) is 0 Å². The number of anilines is 1. The second-order valence-electron chi connectivity index (χ2n) is 6.26. The third-order valence-electron chi connectivity index (χ3n) is 3.99. The van der Waals surface area contributed by atoms with E-state index in [1.165, 1.54) is 24.3 Å². The number of ether oxygens (including phenoxy) is 1. The number of hydrogen-bond donors (Lipinski definition) is 2. The summed E-state index contributed by atoms with van der Waals surface area (Å²) in [5.74, 6) is -0.933. The molecule has 158 valence electrons. The van der Waals surface area contributed by atoms with E-state index in [1.807, 2.05) is 6.07 Å². The van der Waals surface area contributed by atoms with E-state index in [2.05, 4.69) is 21.2 Å². The van der Waals surface area contributed by atoms with Gasteiger partial charge in [0, 0.05) is 9.92 Å². The standard InChI is InChI=1S/C21H13BrCl2FN3O2S/c22-16-5-11(7-20(29)28-19-2-1-15(31-27)9-17(19)24)6-18(25)21(16)30-14-4-12(10-26)3-13(23)8-14/h1-6,8-9H,7,27H2,(H,28,29). The number of amides is 1. The molecule has 3 rings (SSSR count). The molecule has 0 fully saturated rings. The van der Waals surface area contributed by atoms with E-state index in [4.69, 9.17) is 38.3 Å². The fraction of sp³-hybridized carbons (Fsp3) is 0.0476. The van der Waals surface area contributed by atoms with E-state index in [1.54, 1.807) is 24.3 Å². The Bertz CT molecular complexity index is 1180. The minimum Gasteiger partial charge on any atom is -0.453 e. The lowest BCUT2D eigenvalue weighted by Gasteiger charge is -2.12. The Kier molecular flexibility index (Phi) is 7.81. The molecule has 0 spiro atoms. The summed E-state index contributed by atoms with van der Waals surface area (Å²) in [7, 11) is 0. The van der Waals surface area contributed by atoms with Crippen LogP contribution in [0.4, 0.5) is 10.1 Å². The topological polar surface area (TPSA) is 88.1 Å². The molecular formula is C21H13BrCl2FN3O2S. The molecule has 0 saturated heterocycles. The molecule has 0 atom stereocenters. The van der Waals surface area contributed by atoms with Gasteiger partial charge in [-0.3, -0.25) is 9.93 Å². The van der Waals surface area contributed by atoms with Crippen LogP contribution in [0.1, 0.15) is 11.1 Å². The lowest BCUT2D eigenvalue weighted by Crippen LogP contribution is -2.15. The molecule has 31 heavy (non-hydrogen) atoms. The Hall–Kier alpha value is -2.28. The summed E-state index contributed by atoms with van der Waals surface area (Å²) < 4.78 is 20.6. The van der Waals surface area contributed by atoms with Gasteiger partial charge in [-0.25, -0.2) is 4.39 Å². The molecule has 0 aromatic heterocycles. The van der Waals surface area contributed by atoms with Crippen molar-refractivity contribution in [2.75, 3.05) is 5.32 Å². The molecular weight excluding hydrogens is 528 g/mol. The molecule has 5 nitrogen and oxygen atoms in total. The molecule has 0 radical (unpaired) electrons. The third kappa shape index (κ3) is 6.12. The van der Waals surface area contributed by atoms with E-state index in [0.29, 0.717) is 20.7 Å². The van der Waals surface area contributed by atoms with Crippen molar-refractivity contribution < 1.29 is 13.9 Å². The van der Waals surface area contributed by atoms with Gasteiger partial charge in [-0.1, -0.05) is 23.2 Å². The van der Waals surface area contributed by atoms with Crippen LogP contribution in [-0.4, -0.2) is 5.91 Å². The Labute approximate surface area is 200 Å². The number of nitrogens with zero attached hydrogens (tertiary/aromatic N) is 1. The average molecular weight is 541 g/mol. The summed E-state index contributed by atoms with van der Waals surface area (Å²) in [6.07, 6.45) is -0.0880. The van der Waals surface area contributed by atoms with Crippen molar-refractivity contribution >= 4 is 62.7 Å². The van der Waals surface area contributed by atoms with Crippen LogP contribution < -0.4 is 15.2 Å². The average Bonchev–Trinajstić information content (AvgIpc) is 2.71. The zero-order valence-corrected chi connectivity index (χ0v) is 19.5. The van der Waals surface area contributed by atoms with Gasteiger partial charge in [0.1, 0.15) is 5.75 Å². The number of hydrogen-bond acceptors (Lipinski definition) is 5. The number of rotatable bonds is 6. The first-order valence-electron chi connectivity index (χ1n) is 8.61. The number of nitriles is 1. The predicted octanol–water partition coefficient (Wildman–Crippen LogP) is 6.71. The molecule has 0 heterocycles. The second kappa shape index (κ2) is 10.4. The van der Waals surface area contributed by atoms with E-state index < -0.39 is 5.82 Å². The maximum atomic E-state index is 14.7. The van der Waals surface area contributed by atoms with Crippen LogP contribution in [0.2, 0.25) is 10.0 Å². The van der Waals surface area contributed by atoms with Crippen LogP contribution in [0, 0.1) is 17.1 Å². The highest BCUT2D eigenvalue weighted by Gasteiger charge is 2.15. The van der Waals surface area contributed by atoms with E-state index in [9.17, 15) is 9.18 Å². The predicted molar refractivity (Wildman–Crippen MR) is 124 cm³/mol. The van der Waals surface area contributed by atoms with Gasteiger partial charge in [-0.05, 0) is 82.0 Å². The molecule has 10 heteroatoms. The molecule has 3 N–H and O–H groups in total. The number of halogens is 4. The molecule has 3 aromatic rings. The highest BCUT2D eigenvalue weighted by molar-refractivity contribution is 9.10. The molecule has 0 aliphatic carbocycles. The zero-order valence-electron chi connectivity index (χ0n) is 15.6. The molecule has 0 saturated carbocycles. The number of benzene rings is 3. The number of carbonyl (C=O) groups is 1. The highest BCUT2D eigenvalue weighted by Crippen LogP contribution is 2.35. The largest absolute Gasteiger partial charge is 0.453 e. The second-order valence-corrected chi connectivity index (χ2v) is 8.67. The van der Waals surface area contributed by atoms with Gasteiger partial charge in [0.15, 0.2) is 11.6 Å². The van der Waals surface area contributed by atoms with Crippen molar-refractivity contribution in [1.29, 1.82) is 5.26 Å². The van der Waals surface area contributed by atoms with Crippen molar-refractivity contribution in [3.8, 4) is 17.6 Å². The maximum absolute atomic E-state index is 14.7. The number of nitrogens with one attached hydrogen (secondary N) is 1. The van der Waals surface area contributed by atoms with Gasteiger partial charge < -0.3 is 10.1 Å². The third-order valence-corrected chi connectivity index (χ3v) is 5.64. The van der Waals surface area contributed by atoms with Crippen LogP contribution in [0.25, 0.3) is 0 Å². The quantitative estimate of drug-likeness (QED) is 0.339. The zero-order chi connectivity index (χ0) is 22.5. The van der Waals surface area contributed by atoms with Crippen LogP contribution >= 0.6 is 51.1 Å². The van der Waals surface area contributed by atoms with Crippen molar-refractivity contribution in [3.63, 3.8) is 0 Å². The van der Waals surface area contributed by atoms with Gasteiger partial charge >= 0.3 is 0 Å². The molecule has 0 unspecified atom stereocenters. The van der Waals surface area contributed by atoms with E-state index in [0.717, 1.165) is 16.8 Å². The van der Waals surface area contributed by atoms with E-state index >= 15 is 0 Å². The SMILES string of the molecule is N#Cc1cc(Cl)cc(Oc2c(F)cc(CC(=O)Nc3ccc(SN)cc3Cl)cc2Br)c1. The summed E-state index contributed by atoms with van der Waals surface area (Å²) in [4.78, 5) is 13.1. The molecule has 1 amide bonds. The van der Waals surface area contributed by atoms with Gasteiger partial charge in [0.05, 0.1) is 33.2 Å². The summed E-state index contributed by atoms with van der Waals surface area (Å²) in [5, 5.41) is 17.8. The first-order chi connectivity index (χ1) is 14.8. The number of nitrogens with two attached hydrogens (primary N) is 1. The highest BCUT2D eigenvalue weighted by atomic mass is 79.9. The lowest BCUT2D eigenvalue weighted by molar-refractivity contribution is -0.115. The number of carbonyl (C=O) groups excluding carboxylic acids is 1. The van der Waals surface area contributed by atoms with Crippen LogP contribution in [0.3, 0.4) is 0 Å². The molecule has 0 aliphatic rings. The lowest BCUT2D eigenvalue weighted by atomic mass is 10.1. The summed E-state index contributed by atoms with van der Waals surface area (Å²) >= 11 is 16.4. The maximum Gasteiger partial charge on any atom is 0.228 e. The normalized spacial score (nSPS) is 10.5. The first kappa shape index (κ1) is 23.4. The van der Waals surface area contributed by atoms with Crippen molar-refractivity contribution in [3.05, 3.63) is 80.0 Å². The van der Waals surface area contributed by atoms with Crippen LogP contribution in [0.15, 0.2) is 57.9 Å². The summed E-state index contributed by atoms with van der Waals surface area (Å²) in [6.45, 7) is 0. The molecule has 0 aliphatic heterocycles. The summed E-state index contributed by atoms with van der Waals surface area (Å²) in [6, 6.07) is 14.1. The van der Waals surface area contributed by atoms with Crippen molar-refractivity contribution in [2.45, 2.75) is 11.3 Å². The fourth-order valence-corrected chi connectivity index (χ4v) is 4.08. The molecule has 0 bridgehead atoms. The Morgan fingerprint density at radius 2 is 2.00 bits per heavy atom. The minimum absolute atomic E-state index is 0.0880.